The van der Waals surface area contributed by atoms with Crippen LogP contribution in [0, 0.1) is 6.92 Å². The molecule has 1 amide bonds. The van der Waals surface area contributed by atoms with Gasteiger partial charge in [0.2, 0.25) is 5.91 Å². The molecule has 5 nitrogen and oxygen atoms in total. The van der Waals surface area contributed by atoms with Gasteiger partial charge in [0.05, 0.1) is 13.0 Å². The number of amides is 1. The first-order chi connectivity index (χ1) is 15.0. The lowest BCUT2D eigenvalue weighted by Crippen LogP contribution is -2.50. The molecule has 0 aliphatic carbocycles. The molecule has 1 aliphatic heterocycles. The molecule has 1 aliphatic rings. The van der Waals surface area contributed by atoms with E-state index in [0.29, 0.717) is 5.56 Å². The van der Waals surface area contributed by atoms with Crippen molar-refractivity contribution in [1.82, 2.24) is 4.90 Å². The Morgan fingerprint density at radius 1 is 0.968 bits per heavy atom. The second kappa shape index (κ2) is 8.64. The number of carbonyl (C=O) groups excluding carboxylic acids is 2. The van der Waals surface area contributed by atoms with Crippen LogP contribution in [0.2, 0.25) is 0 Å². The molecule has 5 heteroatoms. The molecule has 1 atom stereocenters. The first-order valence-corrected chi connectivity index (χ1v) is 10.3. The number of rotatable bonds is 4. The molecular formula is C26H25NO4. The Balaban J connectivity index is 1.79. The number of hydrogen-bond acceptors (Lipinski definition) is 4. The summed E-state index contributed by atoms with van der Waals surface area (Å²) in [5, 5.41) is 10.6. The largest absolute Gasteiger partial charge is 0.507 e. The molecule has 0 aromatic heterocycles. The fraction of sp³-hybridized carbons (Fsp3) is 0.231. The van der Waals surface area contributed by atoms with Crippen molar-refractivity contribution in [3.05, 3.63) is 101 Å². The van der Waals surface area contributed by atoms with E-state index in [9.17, 15) is 14.7 Å². The average Bonchev–Trinajstić information content (AvgIpc) is 2.82. The van der Waals surface area contributed by atoms with Crippen molar-refractivity contribution in [3.63, 3.8) is 0 Å². The number of phenols is 1. The molecular weight excluding hydrogens is 390 g/mol. The zero-order valence-electron chi connectivity index (χ0n) is 17.6. The summed E-state index contributed by atoms with van der Waals surface area (Å²) >= 11 is 0. The zero-order chi connectivity index (χ0) is 22.0. The molecule has 3 aromatic rings. The third-order valence-electron chi connectivity index (χ3n) is 5.96. The highest BCUT2D eigenvalue weighted by Crippen LogP contribution is 2.36. The molecule has 0 saturated heterocycles. The Kier molecular flexibility index (Phi) is 5.76. The van der Waals surface area contributed by atoms with E-state index < -0.39 is 17.9 Å². The van der Waals surface area contributed by atoms with E-state index in [4.69, 9.17) is 4.74 Å². The predicted octanol–water partition coefficient (Wildman–Crippen LogP) is 3.96. The van der Waals surface area contributed by atoms with Gasteiger partial charge in [-0.3, -0.25) is 4.79 Å². The number of methoxy groups -OCH3 is 1. The summed E-state index contributed by atoms with van der Waals surface area (Å²) in [5.74, 6) is -1.02. The number of hydrogen-bond donors (Lipinski definition) is 1. The van der Waals surface area contributed by atoms with Crippen LogP contribution in [0.15, 0.2) is 72.8 Å². The Labute approximate surface area is 181 Å². The van der Waals surface area contributed by atoms with Gasteiger partial charge in [0, 0.05) is 18.5 Å². The van der Waals surface area contributed by atoms with Crippen LogP contribution in [0.1, 0.15) is 33.7 Å². The first kappa shape index (κ1) is 20.7. The van der Waals surface area contributed by atoms with Crippen LogP contribution in [-0.2, 0) is 27.3 Å². The van der Waals surface area contributed by atoms with Crippen LogP contribution in [0.3, 0.4) is 0 Å². The summed E-state index contributed by atoms with van der Waals surface area (Å²) in [6.45, 7) is 2.05. The number of benzene rings is 3. The third kappa shape index (κ3) is 3.91. The fourth-order valence-electron chi connectivity index (χ4n) is 4.28. The molecule has 31 heavy (non-hydrogen) atoms. The maximum absolute atomic E-state index is 13.9. The predicted molar refractivity (Wildman–Crippen MR) is 118 cm³/mol. The van der Waals surface area contributed by atoms with E-state index in [2.05, 4.69) is 0 Å². The van der Waals surface area contributed by atoms with Gasteiger partial charge < -0.3 is 14.7 Å². The first-order valence-electron chi connectivity index (χ1n) is 10.3. The average molecular weight is 415 g/mol. The highest BCUT2D eigenvalue weighted by atomic mass is 16.5. The Bertz CT molecular complexity index is 1060. The van der Waals surface area contributed by atoms with Gasteiger partial charge in [0.15, 0.2) is 0 Å². The highest BCUT2D eigenvalue weighted by molar-refractivity contribution is 5.91. The van der Waals surface area contributed by atoms with Crippen LogP contribution in [0.5, 0.6) is 5.75 Å². The van der Waals surface area contributed by atoms with Gasteiger partial charge in [-0.25, -0.2) is 4.79 Å². The van der Waals surface area contributed by atoms with E-state index in [1.807, 2.05) is 79.7 Å². The summed E-state index contributed by atoms with van der Waals surface area (Å²) in [4.78, 5) is 28.2. The van der Waals surface area contributed by atoms with E-state index in [-0.39, 0.29) is 24.6 Å². The Hall–Kier alpha value is -3.60. The minimum absolute atomic E-state index is 0.168. The molecule has 4 rings (SSSR count). The number of carbonyl (C=O) groups is 2. The molecule has 0 bridgehead atoms. The topological polar surface area (TPSA) is 66.8 Å². The number of esters is 1. The van der Waals surface area contributed by atoms with E-state index in [1.54, 1.807) is 4.90 Å². The number of fused-ring (bicyclic) bond motifs is 1. The van der Waals surface area contributed by atoms with Crippen LogP contribution < -0.4 is 0 Å². The van der Waals surface area contributed by atoms with Crippen molar-refractivity contribution in [2.24, 2.45) is 0 Å². The van der Waals surface area contributed by atoms with Gasteiger partial charge in [-0.05, 0) is 29.2 Å². The van der Waals surface area contributed by atoms with Crippen LogP contribution >= 0.6 is 0 Å². The van der Waals surface area contributed by atoms with Gasteiger partial charge in [-0.2, -0.15) is 0 Å². The molecule has 0 fully saturated rings. The van der Waals surface area contributed by atoms with E-state index in [0.717, 1.165) is 22.3 Å². The number of aromatic hydroxyl groups is 1. The fourth-order valence-corrected chi connectivity index (χ4v) is 4.28. The van der Waals surface area contributed by atoms with Gasteiger partial charge >= 0.3 is 5.97 Å². The monoisotopic (exact) mass is 415 g/mol. The molecule has 3 aromatic carbocycles. The molecule has 0 saturated carbocycles. The van der Waals surface area contributed by atoms with E-state index >= 15 is 0 Å². The second-order valence-corrected chi connectivity index (χ2v) is 7.83. The van der Waals surface area contributed by atoms with Gasteiger partial charge in [-0.1, -0.05) is 72.8 Å². The van der Waals surface area contributed by atoms with E-state index in [1.165, 1.54) is 7.11 Å². The smallest absolute Gasteiger partial charge is 0.328 e. The maximum atomic E-state index is 13.9. The maximum Gasteiger partial charge on any atom is 0.328 e. The molecule has 1 N–H and O–H groups in total. The lowest BCUT2D eigenvalue weighted by Gasteiger charge is -2.37. The minimum atomic E-state index is -0.798. The zero-order valence-corrected chi connectivity index (χ0v) is 17.6. The van der Waals surface area contributed by atoms with Gasteiger partial charge in [-0.15, -0.1) is 0 Å². The van der Waals surface area contributed by atoms with Crippen LogP contribution in [0.4, 0.5) is 0 Å². The number of ether oxygens (including phenoxy) is 1. The van der Waals surface area contributed by atoms with Gasteiger partial charge in [0.25, 0.3) is 0 Å². The Morgan fingerprint density at radius 2 is 1.55 bits per heavy atom. The normalized spacial score (nSPS) is 15.5. The molecule has 0 unspecified atom stereocenters. The highest BCUT2D eigenvalue weighted by Gasteiger charge is 2.40. The third-order valence-corrected chi connectivity index (χ3v) is 5.96. The molecule has 1 heterocycles. The number of nitrogens with zero attached hydrogens (tertiary/aromatic N) is 1. The summed E-state index contributed by atoms with van der Waals surface area (Å²) in [6, 6.07) is 22.1. The quantitative estimate of drug-likeness (QED) is 0.655. The summed E-state index contributed by atoms with van der Waals surface area (Å²) in [6.07, 6.45) is 0.220. The van der Waals surface area contributed by atoms with Crippen molar-refractivity contribution >= 4 is 11.9 Å². The summed E-state index contributed by atoms with van der Waals surface area (Å²) in [7, 11) is 1.32. The molecule has 0 radical (unpaired) electrons. The minimum Gasteiger partial charge on any atom is -0.507 e. The van der Waals surface area contributed by atoms with Crippen molar-refractivity contribution in [3.8, 4) is 5.75 Å². The van der Waals surface area contributed by atoms with Crippen LogP contribution in [0.25, 0.3) is 0 Å². The van der Waals surface area contributed by atoms with Crippen molar-refractivity contribution in [1.29, 1.82) is 0 Å². The summed E-state index contributed by atoms with van der Waals surface area (Å²) in [5.41, 5.74) is 4.01. The lowest BCUT2D eigenvalue weighted by atomic mass is 9.86. The number of phenolic OH excluding ortho intramolecular Hbond substituents is 1. The second-order valence-electron chi connectivity index (χ2n) is 7.83. The lowest BCUT2D eigenvalue weighted by molar-refractivity contribution is -0.154. The molecule has 0 spiro atoms. The summed E-state index contributed by atoms with van der Waals surface area (Å²) < 4.78 is 5.03. The molecule has 158 valence electrons. The SMILES string of the molecule is COC(=O)[C@@H]1Cc2c(ccc(C)c2O)CN1C(=O)C(c1ccccc1)c1ccccc1. The van der Waals surface area contributed by atoms with Gasteiger partial charge in [0.1, 0.15) is 11.8 Å². The number of aryl methyl sites for hydroxylation is 1. The van der Waals surface area contributed by atoms with Crippen molar-refractivity contribution < 1.29 is 19.4 Å². The van der Waals surface area contributed by atoms with Crippen LogP contribution in [-0.4, -0.2) is 35.0 Å². The standard InChI is InChI=1S/C26H25NO4/c1-17-13-14-20-16-27(22(26(30)31-2)15-21(20)24(17)28)25(29)23(18-9-5-3-6-10-18)19-11-7-4-8-12-19/h3-14,22-23,28H,15-16H2,1-2H3/t22-/m0/s1. The Morgan fingerprint density at radius 3 is 2.10 bits per heavy atom. The van der Waals surface area contributed by atoms with Crippen molar-refractivity contribution in [2.45, 2.75) is 31.8 Å². The van der Waals surface area contributed by atoms with Crippen molar-refractivity contribution in [2.75, 3.05) is 7.11 Å².